The van der Waals surface area contributed by atoms with Crippen molar-refractivity contribution in [2.75, 3.05) is 13.2 Å². The highest BCUT2D eigenvalue weighted by molar-refractivity contribution is 6.13. The summed E-state index contributed by atoms with van der Waals surface area (Å²) in [7, 11) is -0.750. The maximum absolute atomic E-state index is 8.17. The molecule has 0 heterocycles. The lowest BCUT2D eigenvalue weighted by atomic mass is 10.4. The van der Waals surface area contributed by atoms with E-state index >= 15 is 0 Å². The Morgan fingerprint density at radius 3 is 1.33 bits per heavy atom. The van der Waals surface area contributed by atoms with Crippen LogP contribution in [0, 0.1) is 0 Å². The Morgan fingerprint density at radius 2 is 1.33 bits per heavy atom. The molecule has 0 bridgehead atoms. The van der Waals surface area contributed by atoms with Gasteiger partial charge in [-0.25, -0.2) is 0 Å². The second kappa shape index (κ2) is 10.8. The van der Waals surface area contributed by atoms with Crippen LogP contribution in [0.25, 0.3) is 0 Å². The van der Waals surface area contributed by atoms with E-state index in [1.807, 2.05) is 0 Å². The van der Waals surface area contributed by atoms with Gasteiger partial charge >= 0.3 is 7.69 Å². The molecule has 0 unspecified atom stereocenters. The Morgan fingerprint density at radius 1 is 1.11 bits per heavy atom. The number of hydrogen-bond donors (Lipinski definition) is 5. The highest BCUT2D eigenvalue weighted by Crippen LogP contribution is 1.71. The van der Waals surface area contributed by atoms with Crippen LogP contribution in [-0.4, -0.2) is 52.4 Å². The minimum atomic E-state index is -0.954. The summed E-state index contributed by atoms with van der Waals surface area (Å²) in [6, 6.07) is 0. The van der Waals surface area contributed by atoms with Crippen molar-refractivity contribution in [2.45, 2.75) is 6.10 Å². The second-order valence-corrected chi connectivity index (χ2v) is 1.16. The largest absolute Gasteiger partial charge is 0.432 e. The molecule has 5 nitrogen and oxygen atoms in total. The smallest absolute Gasteiger partial charge is 0.430 e. The van der Waals surface area contributed by atoms with Crippen LogP contribution in [0.5, 0.6) is 0 Å². The van der Waals surface area contributed by atoms with Gasteiger partial charge in [-0.3, -0.25) is 0 Å². The van der Waals surface area contributed by atoms with Gasteiger partial charge in [-0.15, -0.1) is 0 Å². The normalized spacial score (nSPS) is 8.22. The van der Waals surface area contributed by atoms with Crippen molar-refractivity contribution in [1.82, 2.24) is 0 Å². The van der Waals surface area contributed by atoms with E-state index in [0.717, 1.165) is 0 Å². The van der Waals surface area contributed by atoms with E-state index in [-0.39, 0.29) is 13.2 Å². The van der Waals surface area contributed by atoms with Gasteiger partial charge in [0.05, 0.1) is 13.2 Å². The van der Waals surface area contributed by atoms with Crippen LogP contribution in [0.1, 0.15) is 0 Å². The van der Waals surface area contributed by atoms with E-state index in [1.165, 1.54) is 0 Å². The van der Waals surface area contributed by atoms with E-state index in [1.54, 1.807) is 0 Å². The van der Waals surface area contributed by atoms with E-state index in [0.29, 0.717) is 0 Å². The first-order valence-corrected chi connectivity index (χ1v) is 2.34. The molecule has 0 rings (SSSR count). The number of aliphatic hydroxyl groups is 3. The predicted molar refractivity (Wildman–Crippen MR) is 31.8 cm³/mol. The van der Waals surface area contributed by atoms with Crippen molar-refractivity contribution < 1.29 is 25.4 Å². The summed E-state index contributed by atoms with van der Waals surface area (Å²) in [5.74, 6) is 0. The van der Waals surface area contributed by atoms with Crippen molar-refractivity contribution in [2.24, 2.45) is 0 Å². The maximum atomic E-state index is 8.17. The van der Waals surface area contributed by atoms with Crippen LogP contribution in [0.3, 0.4) is 0 Å². The number of rotatable bonds is 2. The third-order valence-electron chi connectivity index (χ3n) is 0.421. The molecule has 0 aromatic carbocycles. The molecule has 0 aliphatic rings. The summed E-state index contributed by atoms with van der Waals surface area (Å²) in [6.07, 6.45) is -0.954. The summed E-state index contributed by atoms with van der Waals surface area (Å²) >= 11 is 0. The topological polar surface area (TPSA) is 101 Å². The summed E-state index contributed by atoms with van der Waals surface area (Å²) in [5.41, 5.74) is 0. The van der Waals surface area contributed by atoms with Gasteiger partial charge in [-0.2, -0.15) is 0 Å². The number of hydrogen-bond acceptors (Lipinski definition) is 5. The van der Waals surface area contributed by atoms with Crippen molar-refractivity contribution in [1.29, 1.82) is 0 Å². The minimum absolute atomic E-state index is 0.365. The summed E-state index contributed by atoms with van der Waals surface area (Å²) in [4.78, 5) is 0. The molecule has 9 heavy (non-hydrogen) atoms. The van der Waals surface area contributed by atoms with Gasteiger partial charge in [0.25, 0.3) is 0 Å². The van der Waals surface area contributed by atoms with E-state index < -0.39 is 13.8 Å². The highest BCUT2D eigenvalue weighted by Gasteiger charge is 1.93. The van der Waals surface area contributed by atoms with Crippen molar-refractivity contribution in [3.63, 3.8) is 0 Å². The molecule has 0 atom stereocenters. The van der Waals surface area contributed by atoms with Gasteiger partial charge < -0.3 is 25.4 Å². The molecule has 0 aliphatic heterocycles. The fourth-order valence-electron chi connectivity index (χ4n) is 0.0577. The standard InChI is InChI=1S/C3H8O3.BH3O2/c4-1-3(6)2-5;2-1-3/h3-6H,1-2H2;1-3H. The van der Waals surface area contributed by atoms with Gasteiger partial charge in [-0.05, 0) is 0 Å². The van der Waals surface area contributed by atoms with Crippen LogP contribution in [0.15, 0.2) is 0 Å². The summed E-state index contributed by atoms with van der Waals surface area (Å²) in [6.45, 7) is -0.729. The highest BCUT2D eigenvalue weighted by atomic mass is 16.4. The van der Waals surface area contributed by atoms with Gasteiger partial charge in [-0.1, -0.05) is 0 Å². The van der Waals surface area contributed by atoms with Crippen LogP contribution in [0.4, 0.5) is 0 Å². The van der Waals surface area contributed by atoms with Gasteiger partial charge in [0, 0.05) is 0 Å². The van der Waals surface area contributed by atoms with E-state index in [9.17, 15) is 0 Å². The molecule has 0 aromatic rings. The predicted octanol–water partition coefficient (Wildman–Crippen LogP) is -3.43. The molecule has 6 heteroatoms. The molecule has 0 saturated heterocycles. The van der Waals surface area contributed by atoms with Crippen LogP contribution >= 0.6 is 0 Å². The van der Waals surface area contributed by atoms with Gasteiger partial charge in [0.2, 0.25) is 0 Å². The van der Waals surface area contributed by atoms with E-state index in [2.05, 4.69) is 0 Å². The maximum Gasteiger partial charge on any atom is 0.432 e. The second-order valence-electron chi connectivity index (χ2n) is 1.16. The third-order valence-corrected chi connectivity index (χ3v) is 0.421. The molecule has 0 spiro atoms. The van der Waals surface area contributed by atoms with E-state index in [4.69, 9.17) is 25.4 Å². The molecule has 0 aliphatic carbocycles. The zero-order valence-electron chi connectivity index (χ0n) is 4.93. The monoisotopic (exact) mass is 138 g/mol. The third kappa shape index (κ3) is 18.1. The van der Waals surface area contributed by atoms with Crippen molar-refractivity contribution >= 4 is 7.69 Å². The Bertz CT molecular complexity index is 39.2. The lowest BCUT2D eigenvalue weighted by Gasteiger charge is -1.96. The summed E-state index contributed by atoms with van der Waals surface area (Å²) < 4.78 is 0. The van der Waals surface area contributed by atoms with Gasteiger partial charge in [0.15, 0.2) is 0 Å². The Kier molecular flexibility index (Phi) is 13.9. The summed E-state index contributed by atoms with van der Waals surface area (Å²) in [5, 5.41) is 38.3. The molecule has 0 fully saturated rings. The molecule has 0 radical (unpaired) electrons. The average molecular weight is 138 g/mol. The molecular formula is C3H11BO5. The molecule has 0 aromatic heterocycles. The molecule has 0 amide bonds. The Labute approximate surface area is 53.5 Å². The molecular weight excluding hydrogens is 127 g/mol. The average Bonchev–Trinajstić information content (AvgIpc) is 1.88. The molecule has 5 N–H and O–H groups in total. The first kappa shape index (κ1) is 11.6. The lowest BCUT2D eigenvalue weighted by molar-refractivity contribution is 0.0450. The minimum Gasteiger partial charge on any atom is -0.430 e. The fourth-order valence-corrected chi connectivity index (χ4v) is 0.0577. The Balaban J connectivity index is 0. The first-order chi connectivity index (χ1) is 4.22. The SMILES string of the molecule is OBO.OCC(O)CO. The fraction of sp³-hybridized carbons (Fsp3) is 1.00. The number of aliphatic hydroxyl groups excluding tert-OH is 3. The van der Waals surface area contributed by atoms with Crippen LogP contribution in [-0.2, 0) is 0 Å². The zero-order chi connectivity index (χ0) is 7.70. The van der Waals surface area contributed by atoms with Gasteiger partial charge in [0.1, 0.15) is 6.10 Å². The van der Waals surface area contributed by atoms with Crippen LogP contribution in [0.2, 0.25) is 0 Å². The Hall–Kier alpha value is -0.135. The lowest BCUT2D eigenvalue weighted by Crippen LogP contribution is -2.15. The molecule has 0 saturated carbocycles. The van der Waals surface area contributed by atoms with Crippen LogP contribution < -0.4 is 0 Å². The molecule has 56 valence electrons. The first-order valence-electron chi connectivity index (χ1n) is 2.34. The quantitative estimate of drug-likeness (QED) is 0.255. The zero-order valence-corrected chi connectivity index (χ0v) is 4.93. The van der Waals surface area contributed by atoms with Crippen molar-refractivity contribution in [3.05, 3.63) is 0 Å². The van der Waals surface area contributed by atoms with Crippen molar-refractivity contribution in [3.8, 4) is 0 Å².